The van der Waals surface area contributed by atoms with Gasteiger partial charge in [-0.15, -0.1) is 0 Å². The van der Waals surface area contributed by atoms with Crippen LogP contribution in [-0.4, -0.2) is 7.05 Å². The molecule has 2 aromatic carbocycles. The summed E-state index contributed by atoms with van der Waals surface area (Å²) in [6.07, 6.45) is 0. The van der Waals surface area contributed by atoms with Gasteiger partial charge in [0, 0.05) is 10.4 Å². The lowest BCUT2D eigenvalue weighted by Crippen LogP contribution is -2.18. The van der Waals surface area contributed by atoms with Gasteiger partial charge in [0.15, 0.2) is 0 Å². The average molecular weight is 300 g/mol. The number of fused-ring (bicyclic) bond motifs is 1. The number of halogens is 1. The fourth-order valence-corrected chi connectivity index (χ4v) is 2.97. The lowest BCUT2D eigenvalue weighted by atomic mass is 9.99. The Morgan fingerprint density at radius 3 is 2.57 bits per heavy atom. The molecule has 0 aliphatic carbocycles. The van der Waals surface area contributed by atoms with Crippen molar-refractivity contribution in [3.8, 4) is 0 Å². The summed E-state index contributed by atoms with van der Waals surface area (Å²) in [5.74, 6) is 0.920. The van der Waals surface area contributed by atoms with E-state index in [1.54, 1.807) is 0 Å². The molecule has 0 saturated carbocycles. The van der Waals surface area contributed by atoms with Crippen molar-refractivity contribution < 1.29 is 4.42 Å². The fraction of sp³-hybridized carbons (Fsp3) is 0.222. The summed E-state index contributed by atoms with van der Waals surface area (Å²) in [7, 11) is 1.94. The summed E-state index contributed by atoms with van der Waals surface area (Å²) in [6.45, 7) is 4.16. The molecule has 3 rings (SSSR count). The molecule has 0 spiro atoms. The van der Waals surface area contributed by atoms with E-state index in [2.05, 4.69) is 43.4 Å². The van der Waals surface area contributed by atoms with Gasteiger partial charge in [-0.3, -0.25) is 0 Å². The average Bonchev–Trinajstić information content (AvgIpc) is 2.84. The van der Waals surface area contributed by atoms with Gasteiger partial charge >= 0.3 is 0 Å². The van der Waals surface area contributed by atoms with E-state index < -0.39 is 0 Å². The molecule has 1 aromatic heterocycles. The van der Waals surface area contributed by atoms with Crippen LogP contribution in [0.25, 0.3) is 11.0 Å². The Morgan fingerprint density at radius 1 is 1.05 bits per heavy atom. The third kappa shape index (κ3) is 2.69. The van der Waals surface area contributed by atoms with Gasteiger partial charge in [-0.2, -0.15) is 0 Å². The van der Waals surface area contributed by atoms with Crippen molar-refractivity contribution in [2.24, 2.45) is 0 Å². The first-order valence-electron chi connectivity index (χ1n) is 7.02. The zero-order valence-electron chi connectivity index (χ0n) is 12.4. The van der Waals surface area contributed by atoms with Crippen molar-refractivity contribution >= 4 is 22.6 Å². The number of rotatable bonds is 3. The molecule has 3 heteroatoms. The molecule has 1 atom stereocenters. The summed E-state index contributed by atoms with van der Waals surface area (Å²) < 4.78 is 6.02. The van der Waals surface area contributed by atoms with Crippen molar-refractivity contribution in [1.82, 2.24) is 5.32 Å². The molecule has 0 aliphatic rings. The number of hydrogen-bond acceptors (Lipinski definition) is 2. The van der Waals surface area contributed by atoms with Crippen LogP contribution in [0, 0.1) is 13.8 Å². The van der Waals surface area contributed by atoms with Gasteiger partial charge in [-0.05, 0) is 62.4 Å². The zero-order chi connectivity index (χ0) is 15.0. The van der Waals surface area contributed by atoms with E-state index in [9.17, 15) is 0 Å². The molecule has 1 N–H and O–H groups in total. The highest BCUT2D eigenvalue weighted by Crippen LogP contribution is 2.31. The minimum absolute atomic E-state index is 0.0231. The van der Waals surface area contributed by atoms with Crippen LogP contribution in [0.3, 0.4) is 0 Å². The molecule has 0 fully saturated rings. The summed E-state index contributed by atoms with van der Waals surface area (Å²) in [5, 5.41) is 5.23. The lowest BCUT2D eigenvalue weighted by Gasteiger charge is -2.16. The largest absolute Gasteiger partial charge is 0.459 e. The predicted octanol–water partition coefficient (Wildman–Crippen LogP) is 5.01. The maximum absolute atomic E-state index is 6.05. The van der Waals surface area contributed by atoms with Gasteiger partial charge in [0.2, 0.25) is 0 Å². The number of nitrogens with one attached hydrogen (secondary N) is 1. The molecule has 2 nitrogen and oxygen atoms in total. The van der Waals surface area contributed by atoms with Crippen molar-refractivity contribution in [3.63, 3.8) is 0 Å². The number of hydrogen-bond donors (Lipinski definition) is 1. The Kier molecular flexibility index (Phi) is 3.75. The van der Waals surface area contributed by atoms with Crippen LogP contribution < -0.4 is 5.32 Å². The molecule has 1 heterocycles. The van der Waals surface area contributed by atoms with Crippen molar-refractivity contribution in [3.05, 3.63) is 69.9 Å². The number of furan rings is 1. The van der Waals surface area contributed by atoms with Crippen LogP contribution in [0.4, 0.5) is 0 Å². The second kappa shape index (κ2) is 5.55. The number of aryl methyl sites for hydroxylation is 2. The van der Waals surface area contributed by atoms with Gasteiger partial charge in [0.1, 0.15) is 11.3 Å². The highest BCUT2D eigenvalue weighted by Gasteiger charge is 2.18. The summed E-state index contributed by atoms with van der Waals surface area (Å²) in [6, 6.07) is 14.3. The zero-order valence-corrected chi connectivity index (χ0v) is 13.2. The molecular formula is C18H18ClNO. The molecule has 21 heavy (non-hydrogen) atoms. The van der Waals surface area contributed by atoms with Crippen LogP contribution in [-0.2, 0) is 0 Å². The highest BCUT2D eigenvalue weighted by atomic mass is 35.5. The molecule has 0 saturated heterocycles. The maximum atomic E-state index is 6.05. The van der Waals surface area contributed by atoms with Gasteiger partial charge in [0.25, 0.3) is 0 Å². The lowest BCUT2D eigenvalue weighted by molar-refractivity contribution is 0.490. The van der Waals surface area contributed by atoms with Gasteiger partial charge < -0.3 is 9.73 Å². The third-order valence-corrected chi connectivity index (χ3v) is 4.04. The van der Waals surface area contributed by atoms with E-state index in [0.29, 0.717) is 0 Å². The van der Waals surface area contributed by atoms with Crippen molar-refractivity contribution in [1.29, 1.82) is 0 Å². The van der Waals surface area contributed by atoms with Crippen LogP contribution in [0.1, 0.15) is 28.5 Å². The van der Waals surface area contributed by atoms with Crippen molar-refractivity contribution in [2.75, 3.05) is 7.05 Å². The smallest absolute Gasteiger partial charge is 0.134 e. The third-order valence-electron chi connectivity index (χ3n) is 3.81. The SMILES string of the molecule is CNC(c1cc2cc(C)ccc2o1)c1ccc(Cl)cc1C. The summed E-state index contributed by atoms with van der Waals surface area (Å²) in [4.78, 5) is 0. The van der Waals surface area contributed by atoms with E-state index in [-0.39, 0.29) is 6.04 Å². The van der Waals surface area contributed by atoms with E-state index in [1.807, 2.05) is 25.2 Å². The first-order chi connectivity index (χ1) is 10.1. The topological polar surface area (TPSA) is 25.2 Å². The van der Waals surface area contributed by atoms with Gasteiger partial charge in [0.05, 0.1) is 6.04 Å². The Hall–Kier alpha value is -1.77. The first-order valence-corrected chi connectivity index (χ1v) is 7.39. The van der Waals surface area contributed by atoms with Gasteiger partial charge in [-0.25, -0.2) is 0 Å². The highest BCUT2D eigenvalue weighted by molar-refractivity contribution is 6.30. The van der Waals surface area contributed by atoms with E-state index in [4.69, 9.17) is 16.0 Å². The molecule has 0 aliphatic heterocycles. The minimum Gasteiger partial charge on any atom is -0.459 e. The second-order valence-corrected chi connectivity index (χ2v) is 5.85. The molecular weight excluding hydrogens is 282 g/mol. The summed E-state index contributed by atoms with van der Waals surface area (Å²) in [5.41, 5.74) is 4.48. The Morgan fingerprint density at radius 2 is 1.86 bits per heavy atom. The Balaban J connectivity index is 2.09. The van der Waals surface area contributed by atoms with Crippen molar-refractivity contribution in [2.45, 2.75) is 19.9 Å². The predicted molar refractivity (Wildman–Crippen MR) is 88.0 cm³/mol. The van der Waals surface area contributed by atoms with Crippen LogP contribution in [0.5, 0.6) is 0 Å². The van der Waals surface area contributed by atoms with Crippen LogP contribution >= 0.6 is 11.6 Å². The minimum atomic E-state index is 0.0231. The molecule has 3 aromatic rings. The van der Waals surface area contributed by atoms with E-state index >= 15 is 0 Å². The first kappa shape index (κ1) is 14.2. The Labute approximate surface area is 129 Å². The Bertz CT molecular complexity index is 791. The second-order valence-electron chi connectivity index (χ2n) is 5.41. The normalized spacial score (nSPS) is 12.8. The van der Waals surface area contributed by atoms with Crippen LogP contribution in [0.2, 0.25) is 5.02 Å². The molecule has 0 radical (unpaired) electrons. The molecule has 1 unspecified atom stereocenters. The molecule has 0 amide bonds. The molecule has 108 valence electrons. The fourth-order valence-electron chi connectivity index (χ4n) is 2.74. The summed E-state index contributed by atoms with van der Waals surface area (Å²) >= 11 is 6.05. The monoisotopic (exact) mass is 299 g/mol. The van der Waals surface area contributed by atoms with Crippen LogP contribution in [0.15, 0.2) is 46.9 Å². The standard InChI is InChI=1S/C18H18ClNO/c1-11-4-7-16-13(8-11)10-17(21-16)18(20-3)15-6-5-14(19)9-12(15)2/h4-10,18,20H,1-3H3. The quantitative estimate of drug-likeness (QED) is 0.735. The molecule has 0 bridgehead atoms. The number of benzene rings is 2. The van der Waals surface area contributed by atoms with E-state index in [1.165, 1.54) is 11.1 Å². The maximum Gasteiger partial charge on any atom is 0.134 e. The van der Waals surface area contributed by atoms with Gasteiger partial charge in [-0.1, -0.05) is 29.3 Å². The van der Waals surface area contributed by atoms with E-state index in [0.717, 1.165) is 27.3 Å².